The van der Waals surface area contributed by atoms with Crippen LogP contribution in [0.1, 0.15) is 156 Å². The third-order valence-corrected chi connectivity index (χ3v) is 15.7. The number of hydrogen-bond acceptors (Lipinski definition) is 4. The topological polar surface area (TPSA) is 115 Å². The highest BCUT2D eigenvalue weighted by Crippen LogP contribution is 2.69. The summed E-state index contributed by atoms with van der Waals surface area (Å²) in [5.74, 6) is 2.64. The predicted octanol–water partition coefficient (Wildman–Crippen LogP) is 12.8. The van der Waals surface area contributed by atoms with E-state index in [-0.39, 0.29) is 21.2 Å². The summed E-state index contributed by atoms with van der Waals surface area (Å²) in [5.41, 5.74) is 1.58. The number of phenols is 2. The number of aromatic carboxylic acids is 2. The molecule has 1 unspecified atom stereocenters. The van der Waals surface area contributed by atoms with Crippen molar-refractivity contribution in [2.45, 2.75) is 125 Å². The molecule has 0 saturated heterocycles. The van der Waals surface area contributed by atoms with E-state index in [0.29, 0.717) is 39.9 Å². The normalized spacial score (nSPS) is 31.3. The Morgan fingerprint density at radius 2 is 1.38 bits per heavy atom. The third-order valence-electron chi connectivity index (χ3n) is 15.1. The van der Waals surface area contributed by atoms with Gasteiger partial charge in [0, 0.05) is 0 Å². The van der Waals surface area contributed by atoms with Crippen LogP contribution in [-0.2, 0) is 0 Å². The van der Waals surface area contributed by atoms with E-state index in [9.17, 15) is 30.0 Å². The summed E-state index contributed by atoms with van der Waals surface area (Å²) in [6, 6.07) is 5.65. The number of carbonyl (C=O) groups is 2. The van der Waals surface area contributed by atoms with Crippen LogP contribution in [0, 0.1) is 58.2 Å². The smallest absolute Gasteiger partial charge is 0.339 e. The van der Waals surface area contributed by atoms with Crippen molar-refractivity contribution >= 4 is 40.7 Å². The fourth-order valence-electron chi connectivity index (χ4n) is 12.3. The predicted molar refractivity (Wildman–Crippen MR) is 213 cm³/mol. The summed E-state index contributed by atoms with van der Waals surface area (Å²) in [6.07, 6.45) is 19.8. The highest BCUT2D eigenvalue weighted by Gasteiger charge is 2.60. The zero-order valence-electron chi connectivity index (χ0n) is 32.3. The van der Waals surface area contributed by atoms with Gasteiger partial charge in [0.2, 0.25) is 0 Å². The molecular weight excluding hydrogens is 707 g/mol. The number of fused-ring (bicyclic) bond motifs is 5. The molecule has 0 amide bonds. The molecule has 0 spiro atoms. The van der Waals surface area contributed by atoms with Crippen molar-refractivity contribution in [1.29, 1.82) is 0 Å². The van der Waals surface area contributed by atoms with Crippen LogP contribution < -0.4 is 0 Å². The number of carboxylic acid groups (broad SMARTS) is 2. The van der Waals surface area contributed by atoms with Crippen molar-refractivity contribution in [1.82, 2.24) is 0 Å². The van der Waals surface area contributed by atoms with Gasteiger partial charge in [0.15, 0.2) is 0 Å². The second kappa shape index (κ2) is 15.8. The van der Waals surface area contributed by atoms with Gasteiger partial charge in [-0.3, -0.25) is 0 Å². The largest absolute Gasteiger partial charge is 0.505 e. The minimum atomic E-state index is -1.33. The molecule has 0 aliphatic heterocycles. The van der Waals surface area contributed by atoms with E-state index < -0.39 is 23.4 Å². The summed E-state index contributed by atoms with van der Waals surface area (Å²) in [6.45, 7) is 12.6. The van der Waals surface area contributed by atoms with Gasteiger partial charge in [0.25, 0.3) is 0 Å². The molecule has 4 aliphatic carbocycles. The van der Waals surface area contributed by atoms with Gasteiger partial charge in [-0.1, -0.05) is 83.2 Å². The van der Waals surface area contributed by atoms with E-state index in [1.165, 1.54) is 101 Å². The van der Waals surface area contributed by atoms with Gasteiger partial charge in [-0.15, -0.1) is 0 Å². The number of aromatic hydroxyl groups is 2. The molecule has 4 fully saturated rings. The van der Waals surface area contributed by atoms with Crippen LogP contribution in [0.2, 0.25) is 10.0 Å². The SMILES string of the molecule is CC(C)CCCC(C)[C@H]1CC[C@H]2[C@H]3CC[C@@H]4C[C@H](CCC=C(c5cc(Cl)c(O)c(C(=O)O)c5)c5cc(Cl)c(O)c(C(=O)O)c5)CC[C@]4(C)[C@H]3CC[C@]12C. The van der Waals surface area contributed by atoms with Gasteiger partial charge >= 0.3 is 11.9 Å². The van der Waals surface area contributed by atoms with Crippen LogP contribution in [0.15, 0.2) is 30.3 Å². The van der Waals surface area contributed by atoms with Gasteiger partial charge in [0.1, 0.15) is 22.6 Å². The monoisotopic (exact) mass is 766 g/mol. The lowest BCUT2D eigenvalue weighted by Crippen LogP contribution is -2.53. The van der Waals surface area contributed by atoms with E-state index >= 15 is 0 Å². The Kier molecular flexibility index (Phi) is 11.9. The molecule has 9 atom stereocenters. The fraction of sp³-hybridized carbons (Fsp3) is 0.644. The van der Waals surface area contributed by atoms with Gasteiger partial charge in [-0.05, 0) is 170 Å². The molecule has 290 valence electrons. The van der Waals surface area contributed by atoms with Gasteiger partial charge in [-0.25, -0.2) is 9.59 Å². The first kappa shape index (κ1) is 40.0. The van der Waals surface area contributed by atoms with Gasteiger partial charge < -0.3 is 20.4 Å². The van der Waals surface area contributed by atoms with E-state index in [4.69, 9.17) is 23.2 Å². The lowest BCUT2D eigenvalue weighted by atomic mass is 9.44. The second-order valence-electron chi connectivity index (χ2n) is 18.3. The molecule has 6 nitrogen and oxygen atoms in total. The molecule has 2 aromatic rings. The molecule has 2 aromatic carbocycles. The average molecular weight is 768 g/mol. The summed E-state index contributed by atoms with van der Waals surface area (Å²) in [4.78, 5) is 23.9. The van der Waals surface area contributed by atoms with Crippen molar-refractivity contribution in [2.24, 2.45) is 58.2 Å². The van der Waals surface area contributed by atoms with Gasteiger partial charge in [-0.2, -0.15) is 0 Å². The summed E-state index contributed by atoms with van der Waals surface area (Å²) in [5, 5.41) is 40.0. The number of allylic oxidation sites excluding steroid dienone is 1. The van der Waals surface area contributed by atoms with Crippen molar-refractivity contribution < 1.29 is 30.0 Å². The molecule has 53 heavy (non-hydrogen) atoms. The second-order valence-corrected chi connectivity index (χ2v) is 19.2. The molecule has 6 rings (SSSR count). The maximum absolute atomic E-state index is 12.0. The molecule has 0 heterocycles. The van der Waals surface area contributed by atoms with Crippen LogP contribution in [0.5, 0.6) is 11.5 Å². The zero-order valence-corrected chi connectivity index (χ0v) is 33.8. The van der Waals surface area contributed by atoms with Crippen LogP contribution in [0.3, 0.4) is 0 Å². The highest BCUT2D eigenvalue weighted by atomic mass is 35.5. The average Bonchev–Trinajstić information content (AvgIpc) is 3.46. The number of rotatable bonds is 12. The Hall–Kier alpha value is -2.70. The Labute approximate surface area is 326 Å². The standard InChI is InChI=1S/C45H60Cl2O6/c1-25(2)8-6-9-26(3)35-14-15-36-32-13-12-30-20-27(16-18-44(30,4)37(32)17-19-45(35,36)5)10-7-11-31(28-21-33(42(50)51)40(48)38(46)23-28)29-22-34(43(52)53)41(49)39(47)24-29/h11,21-27,30,32,35-37,48-49H,6-10,12-20H2,1-5H3,(H,50,51)(H,52,53)/t26?,27-,30-,32-,35-,36+,37+,44+,45-/m1/s1. The molecule has 4 aliphatic rings. The first-order valence-electron chi connectivity index (χ1n) is 20.3. The number of hydrogen-bond donors (Lipinski definition) is 4. The Bertz CT molecular complexity index is 1660. The first-order valence-corrected chi connectivity index (χ1v) is 21.0. The summed E-state index contributed by atoms with van der Waals surface area (Å²) >= 11 is 12.6. The third kappa shape index (κ3) is 7.75. The zero-order chi connectivity index (χ0) is 38.4. The quantitative estimate of drug-likeness (QED) is 0.171. The number of benzene rings is 2. The maximum Gasteiger partial charge on any atom is 0.339 e. The van der Waals surface area contributed by atoms with E-state index in [0.717, 1.165) is 47.8 Å². The first-order chi connectivity index (χ1) is 25.0. The molecular formula is C45H60Cl2O6. The van der Waals surface area contributed by atoms with Crippen LogP contribution in [0.4, 0.5) is 0 Å². The van der Waals surface area contributed by atoms with Crippen LogP contribution in [-0.4, -0.2) is 32.4 Å². The number of carboxylic acids is 2. The Morgan fingerprint density at radius 3 is 1.96 bits per heavy atom. The Morgan fingerprint density at radius 1 is 0.792 bits per heavy atom. The van der Waals surface area contributed by atoms with Crippen LogP contribution in [0.25, 0.3) is 5.57 Å². The Balaban J connectivity index is 1.17. The van der Waals surface area contributed by atoms with Gasteiger partial charge in [0.05, 0.1) is 10.0 Å². The van der Waals surface area contributed by atoms with Crippen molar-refractivity contribution in [3.8, 4) is 11.5 Å². The summed E-state index contributed by atoms with van der Waals surface area (Å²) in [7, 11) is 0. The fourth-order valence-corrected chi connectivity index (χ4v) is 12.8. The van der Waals surface area contributed by atoms with E-state index in [1.807, 2.05) is 6.08 Å². The van der Waals surface area contributed by atoms with Crippen molar-refractivity contribution in [3.05, 3.63) is 62.6 Å². The lowest BCUT2D eigenvalue weighted by molar-refractivity contribution is -0.121. The van der Waals surface area contributed by atoms with Crippen molar-refractivity contribution in [2.75, 3.05) is 0 Å². The lowest BCUT2D eigenvalue weighted by Gasteiger charge is -2.61. The molecule has 4 saturated carbocycles. The number of halogens is 2. The minimum Gasteiger partial charge on any atom is -0.505 e. The van der Waals surface area contributed by atoms with E-state index in [2.05, 4.69) is 34.6 Å². The van der Waals surface area contributed by atoms with Crippen molar-refractivity contribution in [3.63, 3.8) is 0 Å². The highest BCUT2D eigenvalue weighted by molar-refractivity contribution is 6.33. The molecule has 0 aromatic heterocycles. The minimum absolute atomic E-state index is 0.122. The molecule has 0 bridgehead atoms. The van der Waals surface area contributed by atoms with Crippen LogP contribution >= 0.6 is 23.2 Å². The van der Waals surface area contributed by atoms with E-state index in [1.54, 1.807) is 0 Å². The summed E-state index contributed by atoms with van der Waals surface area (Å²) < 4.78 is 0. The molecule has 4 N–H and O–H groups in total. The maximum atomic E-state index is 12.0. The molecule has 0 radical (unpaired) electrons. The molecule has 8 heteroatoms.